The maximum atomic E-state index is 13.0. The van der Waals surface area contributed by atoms with Gasteiger partial charge in [-0.05, 0) is 50.8 Å². The molecule has 2 amide bonds. The first kappa shape index (κ1) is 21.7. The Labute approximate surface area is 168 Å². The van der Waals surface area contributed by atoms with Gasteiger partial charge in [0.05, 0.1) is 12.3 Å². The van der Waals surface area contributed by atoms with Crippen LogP contribution < -0.4 is 5.32 Å². The van der Waals surface area contributed by atoms with Crippen molar-refractivity contribution in [2.75, 3.05) is 39.8 Å². The lowest BCUT2D eigenvalue weighted by Crippen LogP contribution is -2.50. The van der Waals surface area contributed by atoms with E-state index in [4.69, 9.17) is 0 Å². The van der Waals surface area contributed by atoms with Crippen LogP contribution in [0, 0.1) is 11.8 Å². The predicted molar refractivity (Wildman–Crippen MR) is 110 cm³/mol. The lowest BCUT2D eigenvalue weighted by Gasteiger charge is -2.38. The smallest absolute Gasteiger partial charge is 0.227 e. The molecule has 0 aromatic heterocycles. The number of halogens is 1. The van der Waals surface area contributed by atoms with Gasteiger partial charge in [0.2, 0.25) is 11.8 Å². The zero-order valence-corrected chi connectivity index (χ0v) is 17.0. The number of amides is 2. The van der Waals surface area contributed by atoms with Gasteiger partial charge in [0, 0.05) is 26.2 Å². The maximum Gasteiger partial charge on any atom is 0.227 e. The number of carbonyl (C=O) groups is 2. The molecule has 0 aliphatic carbocycles. The summed E-state index contributed by atoms with van der Waals surface area (Å²) in [5.41, 5.74) is 1.04. The van der Waals surface area contributed by atoms with E-state index in [1.165, 1.54) is 6.42 Å². The van der Waals surface area contributed by atoms with Gasteiger partial charge in [-0.15, -0.1) is 12.4 Å². The Morgan fingerprint density at radius 2 is 1.74 bits per heavy atom. The Hall–Kier alpha value is -1.59. The van der Waals surface area contributed by atoms with E-state index >= 15 is 0 Å². The second kappa shape index (κ2) is 10.7. The summed E-state index contributed by atoms with van der Waals surface area (Å²) in [6.07, 6.45) is 4.53. The molecule has 2 aliphatic rings. The fourth-order valence-corrected chi connectivity index (χ4v) is 4.27. The van der Waals surface area contributed by atoms with Crippen molar-refractivity contribution >= 4 is 24.2 Å². The van der Waals surface area contributed by atoms with Crippen LogP contribution in [0.15, 0.2) is 30.3 Å². The molecule has 2 saturated heterocycles. The zero-order valence-electron chi connectivity index (χ0n) is 16.2. The minimum absolute atomic E-state index is 0. The van der Waals surface area contributed by atoms with Crippen LogP contribution in [0.2, 0.25) is 0 Å². The zero-order chi connectivity index (χ0) is 18.4. The SMILES string of the molecule is CNCC1CCCN(C(=O)C2CCCN(C(=O)Cc3ccccc3)C2)C1.Cl. The number of benzene rings is 1. The summed E-state index contributed by atoms with van der Waals surface area (Å²) in [4.78, 5) is 29.6. The molecular formula is C21H32ClN3O2. The highest BCUT2D eigenvalue weighted by atomic mass is 35.5. The van der Waals surface area contributed by atoms with Crippen molar-refractivity contribution in [1.82, 2.24) is 15.1 Å². The summed E-state index contributed by atoms with van der Waals surface area (Å²) >= 11 is 0. The van der Waals surface area contributed by atoms with Crippen molar-refractivity contribution < 1.29 is 9.59 Å². The normalized spacial score (nSPS) is 22.9. The van der Waals surface area contributed by atoms with Crippen LogP contribution in [0.25, 0.3) is 0 Å². The molecule has 3 rings (SSSR count). The molecule has 0 saturated carbocycles. The van der Waals surface area contributed by atoms with E-state index in [0.29, 0.717) is 18.9 Å². The van der Waals surface area contributed by atoms with Crippen LogP contribution in [0.3, 0.4) is 0 Å². The number of rotatable bonds is 5. The van der Waals surface area contributed by atoms with Gasteiger partial charge in [-0.25, -0.2) is 0 Å². The average Bonchev–Trinajstić information content (AvgIpc) is 2.69. The second-order valence-electron chi connectivity index (χ2n) is 7.69. The summed E-state index contributed by atoms with van der Waals surface area (Å²) < 4.78 is 0. The standard InChI is InChI=1S/C21H31N3O2.ClH/c1-22-14-18-9-5-12-24(15-18)21(26)19-10-6-11-23(16-19)20(25)13-17-7-3-2-4-8-17;/h2-4,7-8,18-19,22H,5-6,9-16H2,1H3;1H. The third kappa shape index (κ3) is 5.94. The number of nitrogens with one attached hydrogen (secondary N) is 1. The molecule has 2 fully saturated rings. The van der Waals surface area contributed by atoms with Gasteiger partial charge in [-0.2, -0.15) is 0 Å². The summed E-state index contributed by atoms with van der Waals surface area (Å²) in [6, 6.07) is 9.86. The third-order valence-corrected chi connectivity index (χ3v) is 5.64. The molecule has 0 bridgehead atoms. The monoisotopic (exact) mass is 393 g/mol. The Balaban J connectivity index is 0.00000261. The lowest BCUT2D eigenvalue weighted by atomic mass is 9.92. The molecule has 1 N–H and O–H groups in total. The van der Waals surface area contributed by atoms with Gasteiger partial charge in [0.1, 0.15) is 0 Å². The van der Waals surface area contributed by atoms with Gasteiger partial charge >= 0.3 is 0 Å². The molecule has 1 aromatic rings. The highest BCUT2D eigenvalue weighted by Crippen LogP contribution is 2.23. The van der Waals surface area contributed by atoms with Gasteiger partial charge in [0.25, 0.3) is 0 Å². The third-order valence-electron chi connectivity index (χ3n) is 5.64. The molecule has 1 aromatic carbocycles. The van der Waals surface area contributed by atoms with E-state index in [1.807, 2.05) is 47.2 Å². The molecule has 27 heavy (non-hydrogen) atoms. The minimum atomic E-state index is -0.0307. The fraction of sp³-hybridized carbons (Fsp3) is 0.619. The Bertz CT molecular complexity index is 609. The molecule has 2 atom stereocenters. The molecule has 2 heterocycles. The number of nitrogens with zero attached hydrogens (tertiary/aromatic N) is 2. The highest BCUT2D eigenvalue weighted by molar-refractivity contribution is 5.85. The first-order chi connectivity index (χ1) is 12.7. The molecule has 2 unspecified atom stereocenters. The van der Waals surface area contributed by atoms with Crippen molar-refractivity contribution in [2.45, 2.75) is 32.1 Å². The predicted octanol–water partition coefficient (Wildman–Crippen LogP) is 2.35. The van der Waals surface area contributed by atoms with Crippen molar-refractivity contribution in [3.63, 3.8) is 0 Å². The average molecular weight is 394 g/mol. The number of carbonyl (C=O) groups excluding carboxylic acids is 2. The van der Waals surface area contributed by atoms with Crippen LogP contribution >= 0.6 is 12.4 Å². The van der Waals surface area contributed by atoms with Gasteiger partial charge in [-0.1, -0.05) is 30.3 Å². The van der Waals surface area contributed by atoms with Gasteiger partial charge in [0.15, 0.2) is 0 Å². The Morgan fingerprint density at radius 1 is 1.04 bits per heavy atom. The van der Waals surface area contributed by atoms with Crippen molar-refractivity contribution in [2.24, 2.45) is 11.8 Å². The summed E-state index contributed by atoms with van der Waals surface area (Å²) in [5, 5.41) is 3.23. The van der Waals surface area contributed by atoms with Crippen molar-refractivity contribution in [1.29, 1.82) is 0 Å². The lowest BCUT2D eigenvalue weighted by molar-refractivity contribution is -0.142. The number of likely N-dealkylation sites (tertiary alicyclic amines) is 2. The number of piperidine rings is 2. The van der Waals surface area contributed by atoms with Crippen LogP contribution in [-0.4, -0.2) is 61.4 Å². The molecule has 0 spiro atoms. The largest absolute Gasteiger partial charge is 0.342 e. The summed E-state index contributed by atoms with van der Waals surface area (Å²) in [6.45, 7) is 4.05. The van der Waals surface area contributed by atoms with E-state index in [0.717, 1.165) is 51.0 Å². The van der Waals surface area contributed by atoms with E-state index in [1.54, 1.807) is 0 Å². The van der Waals surface area contributed by atoms with Crippen molar-refractivity contribution in [3.8, 4) is 0 Å². The molecule has 0 radical (unpaired) electrons. The molecule has 6 heteroatoms. The molecule has 2 aliphatic heterocycles. The Morgan fingerprint density at radius 3 is 2.48 bits per heavy atom. The van der Waals surface area contributed by atoms with Gasteiger partial charge in [-0.3, -0.25) is 9.59 Å². The Kier molecular flexibility index (Phi) is 8.58. The summed E-state index contributed by atoms with van der Waals surface area (Å²) in [5.74, 6) is 0.914. The first-order valence-electron chi connectivity index (χ1n) is 9.92. The van der Waals surface area contributed by atoms with Crippen LogP contribution in [0.5, 0.6) is 0 Å². The molecule has 5 nitrogen and oxygen atoms in total. The van der Waals surface area contributed by atoms with Crippen LogP contribution in [-0.2, 0) is 16.0 Å². The van der Waals surface area contributed by atoms with Gasteiger partial charge < -0.3 is 15.1 Å². The fourth-order valence-electron chi connectivity index (χ4n) is 4.27. The van der Waals surface area contributed by atoms with E-state index in [9.17, 15) is 9.59 Å². The minimum Gasteiger partial charge on any atom is -0.342 e. The topological polar surface area (TPSA) is 52.7 Å². The summed E-state index contributed by atoms with van der Waals surface area (Å²) in [7, 11) is 1.97. The second-order valence-corrected chi connectivity index (χ2v) is 7.69. The number of hydrogen-bond donors (Lipinski definition) is 1. The van der Waals surface area contributed by atoms with Crippen molar-refractivity contribution in [3.05, 3.63) is 35.9 Å². The van der Waals surface area contributed by atoms with E-state index < -0.39 is 0 Å². The first-order valence-corrected chi connectivity index (χ1v) is 9.92. The van der Waals surface area contributed by atoms with Crippen LogP contribution in [0.4, 0.5) is 0 Å². The molecular weight excluding hydrogens is 362 g/mol. The number of hydrogen-bond acceptors (Lipinski definition) is 3. The quantitative estimate of drug-likeness (QED) is 0.835. The van der Waals surface area contributed by atoms with E-state index in [-0.39, 0.29) is 30.1 Å². The highest BCUT2D eigenvalue weighted by Gasteiger charge is 2.33. The molecule has 150 valence electrons. The van der Waals surface area contributed by atoms with E-state index in [2.05, 4.69) is 5.32 Å². The maximum absolute atomic E-state index is 13.0. The van der Waals surface area contributed by atoms with Crippen LogP contribution in [0.1, 0.15) is 31.2 Å².